The molecule has 0 radical (unpaired) electrons. The third-order valence-corrected chi connectivity index (χ3v) is 3.67. The number of primary amides is 1. The van der Waals surface area contributed by atoms with Crippen LogP contribution < -0.4 is 15.8 Å². The summed E-state index contributed by atoms with van der Waals surface area (Å²) in [6.07, 6.45) is 0.984. The Morgan fingerprint density at radius 3 is 2.62 bits per heavy atom. The van der Waals surface area contributed by atoms with Crippen LogP contribution in [0.15, 0.2) is 66.9 Å². The van der Waals surface area contributed by atoms with Gasteiger partial charge in [-0.25, -0.2) is 4.68 Å². The topological polar surface area (TPSA) is 99.2 Å². The average Bonchev–Trinajstić information content (AvgIpc) is 3.11. The van der Waals surface area contributed by atoms with Gasteiger partial charge in [-0.2, -0.15) is 0 Å². The fourth-order valence-corrected chi connectivity index (χ4v) is 2.32. The summed E-state index contributed by atoms with van der Waals surface area (Å²) >= 11 is 0. The van der Waals surface area contributed by atoms with Crippen molar-refractivity contribution in [1.29, 1.82) is 0 Å². The van der Waals surface area contributed by atoms with Crippen molar-refractivity contribution in [1.82, 2.24) is 9.78 Å². The number of aromatic nitrogens is 2. The number of nitrogens with two attached hydrogens (primary N) is 1. The molecule has 1 aromatic heterocycles. The first kappa shape index (κ1) is 17.2. The van der Waals surface area contributed by atoms with Crippen molar-refractivity contribution < 1.29 is 14.3 Å². The Morgan fingerprint density at radius 1 is 1.12 bits per heavy atom. The van der Waals surface area contributed by atoms with Crippen LogP contribution in [0.5, 0.6) is 5.88 Å². The number of hydrogen-bond donors (Lipinski definition) is 2. The van der Waals surface area contributed by atoms with E-state index in [-0.39, 0.29) is 5.91 Å². The molecular weight excluding hydrogens is 332 g/mol. The molecule has 0 aliphatic carbocycles. The number of nitrogens with zero attached hydrogens (tertiary/aromatic N) is 2. The van der Waals surface area contributed by atoms with Crippen molar-refractivity contribution >= 4 is 17.5 Å². The highest BCUT2D eigenvalue weighted by molar-refractivity contribution is 5.97. The SMILES string of the molecule is CC(Oc1ccn(-c2ccccc2)n1)C(=O)Nc1cccc(C(N)=O)c1. The lowest BCUT2D eigenvalue weighted by molar-refractivity contribution is -0.122. The maximum Gasteiger partial charge on any atom is 0.265 e. The summed E-state index contributed by atoms with van der Waals surface area (Å²) in [5, 5.41) is 6.99. The number of ether oxygens (including phenoxy) is 1. The van der Waals surface area contributed by atoms with E-state index < -0.39 is 12.0 Å². The molecule has 1 heterocycles. The molecule has 3 rings (SSSR count). The summed E-state index contributed by atoms with van der Waals surface area (Å²) in [6, 6.07) is 17.7. The largest absolute Gasteiger partial charge is 0.463 e. The van der Waals surface area contributed by atoms with E-state index in [1.54, 1.807) is 42.1 Å². The number of benzene rings is 2. The fourth-order valence-electron chi connectivity index (χ4n) is 2.32. The van der Waals surface area contributed by atoms with E-state index in [4.69, 9.17) is 10.5 Å². The molecule has 132 valence electrons. The lowest BCUT2D eigenvalue weighted by Gasteiger charge is -2.13. The Bertz CT molecular complexity index is 921. The summed E-state index contributed by atoms with van der Waals surface area (Å²) < 4.78 is 7.26. The molecule has 0 spiro atoms. The van der Waals surface area contributed by atoms with Crippen LogP contribution in [-0.4, -0.2) is 27.7 Å². The molecule has 3 aromatic rings. The monoisotopic (exact) mass is 350 g/mol. The number of nitrogens with one attached hydrogen (secondary N) is 1. The molecular formula is C19H18N4O3. The minimum Gasteiger partial charge on any atom is -0.463 e. The summed E-state index contributed by atoms with van der Waals surface area (Å²) in [5.74, 6) is -0.583. The Balaban J connectivity index is 1.64. The van der Waals surface area contributed by atoms with Crippen LogP contribution in [0.1, 0.15) is 17.3 Å². The Hall–Kier alpha value is -3.61. The van der Waals surface area contributed by atoms with Crippen molar-refractivity contribution in [2.75, 3.05) is 5.32 Å². The second-order valence-electron chi connectivity index (χ2n) is 5.63. The zero-order valence-corrected chi connectivity index (χ0v) is 14.1. The molecule has 0 aliphatic rings. The Labute approximate surface area is 150 Å². The highest BCUT2D eigenvalue weighted by atomic mass is 16.5. The molecule has 7 nitrogen and oxygen atoms in total. The van der Waals surface area contributed by atoms with Gasteiger partial charge in [0.05, 0.1) is 5.69 Å². The molecule has 2 amide bonds. The number of rotatable bonds is 6. The van der Waals surface area contributed by atoms with Gasteiger partial charge in [0.25, 0.3) is 5.91 Å². The van der Waals surface area contributed by atoms with E-state index >= 15 is 0 Å². The van der Waals surface area contributed by atoms with Gasteiger partial charge in [-0.1, -0.05) is 24.3 Å². The molecule has 2 aromatic carbocycles. The van der Waals surface area contributed by atoms with Gasteiger partial charge >= 0.3 is 0 Å². The molecule has 0 bridgehead atoms. The van der Waals surface area contributed by atoms with Crippen molar-refractivity contribution in [3.63, 3.8) is 0 Å². The van der Waals surface area contributed by atoms with Gasteiger partial charge in [-0.15, -0.1) is 5.10 Å². The van der Waals surface area contributed by atoms with E-state index in [9.17, 15) is 9.59 Å². The van der Waals surface area contributed by atoms with Crippen LogP contribution in [-0.2, 0) is 4.79 Å². The summed E-state index contributed by atoms with van der Waals surface area (Å²) in [6.45, 7) is 1.62. The second-order valence-corrected chi connectivity index (χ2v) is 5.63. The third-order valence-electron chi connectivity index (χ3n) is 3.67. The van der Waals surface area contributed by atoms with Crippen LogP contribution in [0, 0.1) is 0 Å². The highest BCUT2D eigenvalue weighted by Gasteiger charge is 2.17. The van der Waals surface area contributed by atoms with E-state index in [1.165, 1.54) is 6.07 Å². The van der Waals surface area contributed by atoms with Crippen molar-refractivity contribution in [2.24, 2.45) is 5.73 Å². The quantitative estimate of drug-likeness (QED) is 0.713. The maximum atomic E-state index is 12.3. The number of carbonyl (C=O) groups is 2. The third kappa shape index (κ3) is 4.07. The number of anilines is 1. The van der Waals surface area contributed by atoms with Crippen molar-refractivity contribution in [2.45, 2.75) is 13.0 Å². The van der Waals surface area contributed by atoms with E-state index in [0.717, 1.165) is 5.69 Å². The first-order chi connectivity index (χ1) is 12.5. The molecule has 0 saturated heterocycles. The van der Waals surface area contributed by atoms with E-state index in [2.05, 4.69) is 10.4 Å². The van der Waals surface area contributed by atoms with Crippen LogP contribution in [0.4, 0.5) is 5.69 Å². The first-order valence-corrected chi connectivity index (χ1v) is 8.01. The predicted octanol–water partition coefficient (Wildman–Crippen LogP) is 2.38. The van der Waals surface area contributed by atoms with Gasteiger partial charge in [0.15, 0.2) is 6.10 Å². The predicted molar refractivity (Wildman–Crippen MR) is 97.2 cm³/mol. The molecule has 26 heavy (non-hydrogen) atoms. The number of amides is 2. The molecule has 1 unspecified atom stereocenters. The van der Waals surface area contributed by atoms with Gasteiger partial charge in [-0.05, 0) is 37.3 Å². The highest BCUT2D eigenvalue weighted by Crippen LogP contribution is 2.15. The first-order valence-electron chi connectivity index (χ1n) is 8.01. The molecule has 0 saturated carbocycles. The summed E-state index contributed by atoms with van der Waals surface area (Å²) in [4.78, 5) is 23.5. The summed E-state index contributed by atoms with van der Waals surface area (Å²) in [5.41, 5.74) is 6.92. The van der Waals surface area contributed by atoms with Gasteiger partial charge in [0.1, 0.15) is 0 Å². The lowest BCUT2D eigenvalue weighted by atomic mass is 10.2. The van der Waals surface area contributed by atoms with Crippen LogP contribution in [0.3, 0.4) is 0 Å². The molecule has 3 N–H and O–H groups in total. The number of para-hydroxylation sites is 1. The summed E-state index contributed by atoms with van der Waals surface area (Å²) in [7, 11) is 0. The molecule has 7 heteroatoms. The molecule has 0 fully saturated rings. The fraction of sp³-hybridized carbons (Fsp3) is 0.105. The van der Waals surface area contributed by atoms with Gasteiger partial charge in [0.2, 0.25) is 11.8 Å². The van der Waals surface area contributed by atoms with Crippen LogP contribution in [0.2, 0.25) is 0 Å². The maximum absolute atomic E-state index is 12.3. The number of hydrogen-bond acceptors (Lipinski definition) is 4. The van der Waals surface area contributed by atoms with Gasteiger partial charge in [-0.3, -0.25) is 9.59 Å². The average molecular weight is 350 g/mol. The van der Waals surface area contributed by atoms with Gasteiger partial charge < -0.3 is 15.8 Å². The second kappa shape index (κ2) is 7.52. The Kier molecular flexibility index (Phi) is 4.98. The normalized spacial score (nSPS) is 11.6. The smallest absolute Gasteiger partial charge is 0.265 e. The van der Waals surface area contributed by atoms with Crippen LogP contribution >= 0.6 is 0 Å². The van der Waals surface area contributed by atoms with Gasteiger partial charge in [0, 0.05) is 23.5 Å². The van der Waals surface area contributed by atoms with Crippen molar-refractivity contribution in [3.8, 4) is 11.6 Å². The lowest BCUT2D eigenvalue weighted by Crippen LogP contribution is -2.30. The molecule has 0 aliphatic heterocycles. The van der Waals surface area contributed by atoms with Crippen LogP contribution in [0.25, 0.3) is 5.69 Å². The standard InChI is InChI=1S/C19H18N4O3/c1-13(19(25)21-15-7-5-6-14(12-15)18(20)24)26-17-10-11-23(22-17)16-8-3-2-4-9-16/h2-13H,1H3,(H2,20,24)(H,21,25). The zero-order chi connectivity index (χ0) is 18.5. The Morgan fingerprint density at radius 2 is 1.88 bits per heavy atom. The molecule has 1 atom stereocenters. The number of carbonyl (C=O) groups excluding carboxylic acids is 2. The van der Waals surface area contributed by atoms with E-state index in [0.29, 0.717) is 17.1 Å². The zero-order valence-electron chi connectivity index (χ0n) is 14.1. The minimum atomic E-state index is -0.772. The minimum absolute atomic E-state index is 0.318. The van der Waals surface area contributed by atoms with Crippen molar-refractivity contribution in [3.05, 3.63) is 72.4 Å². The van der Waals surface area contributed by atoms with E-state index in [1.807, 2.05) is 30.3 Å².